The van der Waals surface area contributed by atoms with Crippen LogP contribution in [0.2, 0.25) is 5.02 Å². The topological polar surface area (TPSA) is 61.4 Å². The molecule has 2 amide bonds. The first-order chi connectivity index (χ1) is 10.0. The van der Waals surface area contributed by atoms with Crippen LogP contribution in [0.3, 0.4) is 0 Å². The SMILES string of the molecule is CC(=O)NC(C)C(=O)N1CCNCC1c1ccccc1Cl. The lowest BCUT2D eigenvalue weighted by molar-refractivity contribution is -0.138. The molecule has 1 saturated heterocycles. The van der Waals surface area contributed by atoms with E-state index in [0.29, 0.717) is 18.1 Å². The number of hydrogen-bond acceptors (Lipinski definition) is 3. The Bertz CT molecular complexity index is 535. The van der Waals surface area contributed by atoms with Gasteiger partial charge in [-0.15, -0.1) is 0 Å². The summed E-state index contributed by atoms with van der Waals surface area (Å²) in [5, 5.41) is 6.58. The number of carbonyl (C=O) groups excluding carboxylic acids is 2. The van der Waals surface area contributed by atoms with E-state index in [1.807, 2.05) is 24.3 Å². The first-order valence-electron chi connectivity index (χ1n) is 7.03. The van der Waals surface area contributed by atoms with Gasteiger partial charge in [-0.1, -0.05) is 29.8 Å². The van der Waals surface area contributed by atoms with Crippen LogP contribution >= 0.6 is 11.6 Å². The molecule has 2 N–H and O–H groups in total. The molecule has 5 nitrogen and oxygen atoms in total. The highest BCUT2D eigenvalue weighted by Crippen LogP contribution is 2.28. The summed E-state index contributed by atoms with van der Waals surface area (Å²) in [5.74, 6) is -0.295. The second-order valence-electron chi connectivity index (χ2n) is 5.20. The minimum absolute atomic E-state index is 0.0865. The third-order valence-corrected chi connectivity index (χ3v) is 3.93. The zero-order valence-corrected chi connectivity index (χ0v) is 13.0. The zero-order valence-electron chi connectivity index (χ0n) is 12.2. The minimum atomic E-state index is -0.536. The smallest absolute Gasteiger partial charge is 0.245 e. The first-order valence-corrected chi connectivity index (χ1v) is 7.41. The van der Waals surface area contributed by atoms with Crippen molar-refractivity contribution >= 4 is 23.4 Å². The van der Waals surface area contributed by atoms with Gasteiger partial charge in [-0.2, -0.15) is 0 Å². The molecule has 21 heavy (non-hydrogen) atoms. The molecule has 1 aliphatic heterocycles. The minimum Gasteiger partial charge on any atom is -0.345 e. The van der Waals surface area contributed by atoms with E-state index < -0.39 is 6.04 Å². The lowest BCUT2D eigenvalue weighted by atomic mass is 10.0. The molecule has 0 radical (unpaired) electrons. The largest absolute Gasteiger partial charge is 0.345 e. The fourth-order valence-electron chi connectivity index (χ4n) is 2.61. The van der Waals surface area contributed by atoms with Gasteiger partial charge in [0.1, 0.15) is 6.04 Å². The summed E-state index contributed by atoms with van der Waals surface area (Å²) < 4.78 is 0. The number of piperazine rings is 1. The fourth-order valence-corrected chi connectivity index (χ4v) is 2.87. The van der Waals surface area contributed by atoms with Crippen molar-refractivity contribution < 1.29 is 9.59 Å². The molecule has 1 fully saturated rings. The van der Waals surface area contributed by atoms with Crippen LogP contribution < -0.4 is 10.6 Å². The van der Waals surface area contributed by atoms with Gasteiger partial charge in [-0.3, -0.25) is 9.59 Å². The Morgan fingerprint density at radius 2 is 2.14 bits per heavy atom. The summed E-state index contributed by atoms with van der Waals surface area (Å²) in [5.41, 5.74) is 0.926. The summed E-state index contributed by atoms with van der Waals surface area (Å²) in [6.45, 7) is 5.10. The second kappa shape index (κ2) is 6.91. The highest BCUT2D eigenvalue weighted by Gasteiger charge is 2.31. The molecule has 0 aliphatic carbocycles. The van der Waals surface area contributed by atoms with Gasteiger partial charge in [0.2, 0.25) is 11.8 Å². The summed E-state index contributed by atoms with van der Waals surface area (Å²) in [6, 6.07) is 6.89. The molecule has 1 aliphatic rings. The van der Waals surface area contributed by atoms with E-state index >= 15 is 0 Å². The van der Waals surface area contributed by atoms with E-state index in [1.165, 1.54) is 6.92 Å². The monoisotopic (exact) mass is 309 g/mol. The van der Waals surface area contributed by atoms with Crippen molar-refractivity contribution in [3.05, 3.63) is 34.9 Å². The standard InChI is InChI=1S/C15H20ClN3O2/c1-10(18-11(2)20)15(21)19-8-7-17-9-14(19)12-5-3-4-6-13(12)16/h3-6,10,14,17H,7-9H2,1-2H3,(H,18,20). The predicted molar refractivity (Wildman–Crippen MR) is 82.1 cm³/mol. The van der Waals surface area contributed by atoms with Gasteiger partial charge in [-0.05, 0) is 18.6 Å². The average molecular weight is 310 g/mol. The first kappa shape index (κ1) is 15.8. The van der Waals surface area contributed by atoms with E-state index in [4.69, 9.17) is 11.6 Å². The number of rotatable bonds is 3. The van der Waals surface area contributed by atoms with Gasteiger partial charge in [0.15, 0.2) is 0 Å². The van der Waals surface area contributed by atoms with Crippen LogP contribution in [-0.4, -0.2) is 42.4 Å². The average Bonchev–Trinajstić information content (AvgIpc) is 2.46. The van der Waals surface area contributed by atoms with E-state index in [9.17, 15) is 9.59 Å². The molecule has 6 heteroatoms. The number of amides is 2. The van der Waals surface area contributed by atoms with Crippen molar-refractivity contribution in [2.24, 2.45) is 0 Å². The highest BCUT2D eigenvalue weighted by molar-refractivity contribution is 6.31. The van der Waals surface area contributed by atoms with Crippen molar-refractivity contribution in [1.29, 1.82) is 0 Å². The maximum absolute atomic E-state index is 12.6. The van der Waals surface area contributed by atoms with Crippen LogP contribution in [0.15, 0.2) is 24.3 Å². The number of nitrogens with zero attached hydrogens (tertiary/aromatic N) is 1. The Kier molecular flexibility index (Phi) is 5.20. The lowest BCUT2D eigenvalue weighted by Crippen LogP contribution is -2.54. The van der Waals surface area contributed by atoms with Gasteiger partial charge in [0.25, 0.3) is 0 Å². The van der Waals surface area contributed by atoms with Crippen LogP contribution in [0.4, 0.5) is 0 Å². The summed E-state index contributed by atoms with van der Waals surface area (Å²) >= 11 is 6.26. The van der Waals surface area contributed by atoms with E-state index in [2.05, 4.69) is 10.6 Å². The third kappa shape index (κ3) is 3.74. The van der Waals surface area contributed by atoms with Crippen molar-refractivity contribution in [2.75, 3.05) is 19.6 Å². The highest BCUT2D eigenvalue weighted by atomic mass is 35.5. The van der Waals surface area contributed by atoms with E-state index in [-0.39, 0.29) is 17.9 Å². The molecule has 2 unspecified atom stereocenters. The molecule has 0 saturated carbocycles. The molecule has 0 spiro atoms. The predicted octanol–water partition coefficient (Wildman–Crippen LogP) is 1.34. The molecule has 0 bridgehead atoms. The fraction of sp³-hybridized carbons (Fsp3) is 0.467. The molecule has 2 atom stereocenters. The number of nitrogens with one attached hydrogen (secondary N) is 2. The van der Waals surface area contributed by atoms with Crippen LogP contribution in [0.5, 0.6) is 0 Å². The number of carbonyl (C=O) groups is 2. The van der Waals surface area contributed by atoms with Gasteiger partial charge in [0, 0.05) is 31.6 Å². The van der Waals surface area contributed by atoms with Crippen molar-refractivity contribution in [1.82, 2.24) is 15.5 Å². The van der Waals surface area contributed by atoms with Crippen LogP contribution in [-0.2, 0) is 9.59 Å². The Balaban J connectivity index is 2.21. The maximum atomic E-state index is 12.6. The van der Waals surface area contributed by atoms with Gasteiger partial charge >= 0.3 is 0 Å². The molecule has 2 rings (SSSR count). The van der Waals surface area contributed by atoms with E-state index in [0.717, 1.165) is 12.1 Å². The lowest BCUT2D eigenvalue weighted by Gasteiger charge is -2.38. The Morgan fingerprint density at radius 1 is 1.43 bits per heavy atom. The van der Waals surface area contributed by atoms with Gasteiger partial charge in [0.05, 0.1) is 6.04 Å². The summed E-state index contributed by atoms with van der Waals surface area (Å²) in [7, 11) is 0. The quantitative estimate of drug-likeness (QED) is 0.886. The second-order valence-corrected chi connectivity index (χ2v) is 5.60. The Labute approximate surface area is 129 Å². The molecule has 1 heterocycles. The maximum Gasteiger partial charge on any atom is 0.245 e. The zero-order chi connectivity index (χ0) is 15.4. The summed E-state index contributed by atoms with van der Waals surface area (Å²) in [6.07, 6.45) is 0. The van der Waals surface area contributed by atoms with Gasteiger partial charge in [-0.25, -0.2) is 0 Å². The molecule has 1 aromatic rings. The van der Waals surface area contributed by atoms with Crippen LogP contribution in [0.25, 0.3) is 0 Å². The number of hydrogen-bond donors (Lipinski definition) is 2. The van der Waals surface area contributed by atoms with Crippen LogP contribution in [0, 0.1) is 0 Å². The number of halogens is 1. The third-order valence-electron chi connectivity index (χ3n) is 3.58. The molecular weight excluding hydrogens is 290 g/mol. The molecular formula is C15H20ClN3O2. The molecule has 0 aromatic heterocycles. The number of benzene rings is 1. The van der Waals surface area contributed by atoms with E-state index in [1.54, 1.807) is 11.8 Å². The summed E-state index contributed by atoms with van der Waals surface area (Å²) in [4.78, 5) is 25.5. The van der Waals surface area contributed by atoms with Crippen molar-refractivity contribution in [2.45, 2.75) is 25.9 Å². The molecule has 1 aromatic carbocycles. The van der Waals surface area contributed by atoms with Crippen molar-refractivity contribution in [3.63, 3.8) is 0 Å². The van der Waals surface area contributed by atoms with Crippen LogP contribution in [0.1, 0.15) is 25.5 Å². The van der Waals surface area contributed by atoms with Gasteiger partial charge < -0.3 is 15.5 Å². The normalized spacial score (nSPS) is 20.0. The van der Waals surface area contributed by atoms with Crippen molar-refractivity contribution in [3.8, 4) is 0 Å². The molecule has 114 valence electrons. The Hall–Kier alpha value is -1.59. The Morgan fingerprint density at radius 3 is 2.81 bits per heavy atom.